The Labute approximate surface area is 94.2 Å². The molecule has 0 saturated carbocycles. The van der Waals surface area contributed by atoms with E-state index in [9.17, 15) is 0 Å². The lowest BCUT2D eigenvalue weighted by atomic mass is 10.0. The van der Waals surface area contributed by atoms with E-state index in [0.717, 1.165) is 39.3 Å². The molecule has 0 spiro atoms. The Hall–Kier alpha value is -0.120. The second kappa shape index (κ2) is 6.46. The molecule has 1 N–H and O–H groups in total. The van der Waals surface area contributed by atoms with Crippen molar-refractivity contribution in [1.29, 1.82) is 0 Å². The van der Waals surface area contributed by atoms with E-state index in [1.54, 1.807) is 0 Å². The predicted octanol–water partition coefficient (Wildman–Crippen LogP) is 1.49. The number of nitrogens with one attached hydrogen (secondary N) is 1. The Balaban J connectivity index is 2.05. The lowest BCUT2D eigenvalue weighted by Gasteiger charge is -2.25. The van der Waals surface area contributed by atoms with Gasteiger partial charge in [0.25, 0.3) is 0 Å². The summed E-state index contributed by atoms with van der Waals surface area (Å²) in [6.07, 6.45) is 2.42. The SMILES string of the molecule is CCN(CC)CCNCC1(C)CCCO1. The van der Waals surface area contributed by atoms with Crippen LogP contribution >= 0.6 is 0 Å². The number of hydrogen-bond donors (Lipinski definition) is 1. The Bertz CT molecular complexity index is 163. The second-order valence-corrected chi connectivity index (χ2v) is 4.61. The highest BCUT2D eigenvalue weighted by Gasteiger charge is 2.28. The molecule has 1 atom stereocenters. The molecule has 1 rings (SSSR count). The van der Waals surface area contributed by atoms with Crippen LogP contribution in [0.15, 0.2) is 0 Å². The van der Waals surface area contributed by atoms with Crippen LogP contribution < -0.4 is 5.32 Å². The van der Waals surface area contributed by atoms with Crippen LogP contribution in [0.5, 0.6) is 0 Å². The summed E-state index contributed by atoms with van der Waals surface area (Å²) in [4.78, 5) is 2.44. The minimum atomic E-state index is 0.100. The third kappa shape index (κ3) is 4.49. The van der Waals surface area contributed by atoms with Gasteiger partial charge in [-0.2, -0.15) is 0 Å². The molecule has 0 radical (unpaired) electrons. The third-order valence-corrected chi connectivity index (χ3v) is 3.30. The van der Waals surface area contributed by atoms with Crippen molar-refractivity contribution in [3.05, 3.63) is 0 Å². The van der Waals surface area contributed by atoms with Crippen molar-refractivity contribution in [2.45, 2.75) is 39.2 Å². The van der Waals surface area contributed by atoms with Gasteiger partial charge in [0.1, 0.15) is 0 Å². The molecule has 0 aliphatic carbocycles. The third-order valence-electron chi connectivity index (χ3n) is 3.30. The highest BCUT2D eigenvalue weighted by Crippen LogP contribution is 2.23. The molecular weight excluding hydrogens is 188 g/mol. The zero-order valence-electron chi connectivity index (χ0n) is 10.5. The summed E-state index contributed by atoms with van der Waals surface area (Å²) in [6.45, 7) is 13.1. The molecule has 0 aromatic carbocycles. The van der Waals surface area contributed by atoms with Crippen LogP contribution in [0.3, 0.4) is 0 Å². The number of ether oxygens (including phenoxy) is 1. The predicted molar refractivity (Wildman–Crippen MR) is 64.2 cm³/mol. The van der Waals surface area contributed by atoms with E-state index in [4.69, 9.17) is 4.74 Å². The zero-order chi connectivity index (χ0) is 11.1. The smallest absolute Gasteiger partial charge is 0.0779 e. The van der Waals surface area contributed by atoms with Gasteiger partial charge in [-0.25, -0.2) is 0 Å². The van der Waals surface area contributed by atoms with Crippen LogP contribution in [0.4, 0.5) is 0 Å². The van der Waals surface area contributed by atoms with Gasteiger partial charge in [0, 0.05) is 26.2 Å². The molecule has 1 fully saturated rings. The summed E-state index contributed by atoms with van der Waals surface area (Å²) >= 11 is 0. The van der Waals surface area contributed by atoms with E-state index in [-0.39, 0.29) is 5.60 Å². The van der Waals surface area contributed by atoms with E-state index in [2.05, 4.69) is 31.0 Å². The van der Waals surface area contributed by atoms with Crippen LogP contribution in [0.1, 0.15) is 33.6 Å². The summed E-state index contributed by atoms with van der Waals surface area (Å²) in [7, 11) is 0. The van der Waals surface area contributed by atoms with Gasteiger partial charge in [-0.3, -0.25) is 0 Å². The largest absolute Gasteiger partial charge is 0.374 e. The quantitative estimate of drug-likeness (QED) is 0.650. The van der Waals surface area contributed by atoms with Crippen molar-refractivity contribution >= 4 is 0 Å². The monoisotopic (exact) mass is 214 g/mol. The Morgan fingerprint density at radius 1 is 1.33 bits per heavy atom. The van der Waals surface area contributed by atoms with Crippen LogP contribution in [-0.2, 0) is 4.74 Å². The summed E-state index contributed by atoms with van der Waals surface area (Å²) in [6, 6.07) is 0. The Morgan fingerprint density at radius 2 is 2.07 bits per heavy atom. The number of rotatable bonds is 7. The Kier molecular flexibility index (Phi) is 5.58. The van der Waals surface area contributed by atoms with E-state index in [1.165, 1.54) is 12.8 Å². The molecule has 1 saturated heterocycles. The van der Waals surface area contributed by atoms with Gasteiger partial charge in [0.2, 0.25) is 0 Å². The fourth-order valence-electron chi connectivity index (χ4n) is 2.11. The first-order valence-corrected chi connectivity index (χ1v) is 6.27. The minimum absolute atomic E-state index is 0.100. The molecule has 3 nitrogen and oxygen atoms in total. The first-order chi connectivity index (χ1) is 7.20. The lowest BCUT2D eigenvalue weighted by molar-refractivity contribution is 0.0207. The molecule has 1 unspecified atom stereocenters. The van der Waals surface area contributed by atoms with E-state index >= 15 is 0 Å². The van der Waals surface area contributed by atoms with Crippen molar-refractivity contribution in [2.24, 2.45) is 0 Å². The van der Waals surface area contributed by atoms with Crippen LogP contribution in [-0.4, -0.2) is 49.8 Å². The molecule has 0 amide bonds. The zero-order valence-corrected chi connectivity index (χ0v) is 10.5. The maximum atomic E-state index is 5.72. The van der Waals surface area contributed by atoms with Crippen molar-refractivity contribution in [3.63, 3.8) is 0 Å². The topological polar surface area (TPSA) is 24.5 Å². The van der Waals surface area contributed by atoms with Crippen molar-refractivity contribution < 1.29 is 4.74 Å². The molecule has 3 heteroatoms. The highest BCUT2D eigenvalue weighted by molar-refractivity contribution is 4.82. The Morgan fingerprint density at radius 3 is 2.60 bits per heavy atom. The molecular formula is C12H26N2O. The van der Waals surface area contributed by atoms with Gasteiger partial charge in [0.15, 0.2) is 0 Å². The summed E-state index contributed by atoms with van der Waals surface area (Å²) in [5.41, 5.74) is 0.100. The van der Waals surface area contributed by atoms with Crippen molar-refractivity contribution in [2.75, 3.05) is 39.3 Å². The molecule has 90 valence electrons. The van der Waals surface area contributed by atoms with Crippen LogP contribution in [0.25, 0.3) is 0 Å². The van der Waals surface area contributed by atoms with Crippen LogP contribution in [0.2, 0.25) is 0 Å². The standard InChI is InChI=1S/C12H26N2O/c1-4-14(5-2)9-8-13-11-12(3)7-6-10-15-12/h13H,4-11H2,1-3H3. The maximum absolute atomic E-state index is 5.72. The normalized spacial score (nSPS) is 26.4. The molecule has 0 aromatic rings. The minimum Gasteiger partial charge on any atom is -0.374 e. The average molecular weight is 214 g/mol. The van der Waals surface area contributed by atoms with Crippen molar-refractivity contribution in [3.8, 4) is 0 Å². The van der Waals surface area contributed by atoms with Gasteiger partial charge in [-0.1, -0.05) is 13.8 Å². The molecule has 1 heterocycles. The van der Waals surface area contributed by atoms with E-state index in [0.29, 0.717) is 0 Å². The molecule has 15 heavy (non-hydrogen) atoms. The maximum Gasteiger partial charge on any atom is 0.0779 e. The molecule has 0 aromatic heterocycles. The number of hydrogen-bond acceptors (Lipinski definition) is 3. The summed E-state index contributed by atoms with van der Waals surface area (Å²) in [5, 5.41) is 3.50. The fraction of sp³-hybridized carbons (Fsp3) is 1.00. The van der Waals surface area contributed by atoms with Gasteiger partial charge >= 0.3 is 0 Å². The number of likely N-dealkylation sites (N-methyl/N-ethyl adjacent to an activating group) is 1. The van der Waals surface area contributed by atoms with Gasteiger partial charge in [0.05, 0.1) is 5.60 Å². The molecule has 0 bridgehead atoms. The lowest BCUT2D eigenvalue weighted by Crippen LogP contribution is -2.40. The van der Waals surface area contributed by atoms with Crippen LogP contribution in [0, 0.1) is 0 Å². The van der Waals surface area contributed by atoms with Crippen molar-refractivity contribution in [1.82, 2.24) is 10.2 Å². The first kappa shape index (κ1) is 12.9. The van der Waals surface area contributed by atoms with Gasteiger partial charge in [-0.15, -0.1) is 0 Å². The molecule has 1 aliphatic rings. The number of nitrogens with zero attached hydrogens (tertiary/aromatic N) is 1. The molecule has 1 aliphatic heterocycles. The second-order valence-electron chi connectivity index (χ2n) is 4.61. The van der Waals surface area contributed by atoms with Gasteiger partial charge < -0.3 is 15.0 Å². The van der Waals surface area contributed by atoms with Gasteiger partial charge in [-0.05, 0) is 32.9 Å². The first-order valence-electron chi connectivity index (χ1n) is 6.27. The average Bonchev–Trinajstić information content (AvgIpc) is 2.66. The van der Waals surface area contributed by atoms with E-state index in [1.807, 2.05) is 0 Å². The summed E-state index contributed by atoms with van der Waals surface area (Å²) < 4.78 is 5.72. The summed E-state index contributed by atoms with van der Waals surface area (Å²) in [5.74, 6) is 0. The highest BCUT2D eigenvalue weighted by atomic mass is 16.5. The van der Waals surface area contributed by atoms with E-state index < -0.39 is 0 Å². The fourth-order valence-corrected chi connectivity index (χ4v) is 2.11.